The number of hydrogen-bond donors (Lipinski definition) is 4. The smallest absolute Gasteiger partial charge is 0.314 e. The monoisotopic (exact) mass is 323 g/mol. The van der Waals surface area contributed by atoms with E-state index in [4.69, 9.17) is 5.73 Å². The maximum Gasteiger partial charge on any atom is 0.314 e. The van der Waals surface area contributed by atoms with Crippen LogP contribution in [0.4, 0.5) is 0 Å². The second-order valence-electron chi connectivity index (χ2n) is 5.59. The van der Waals surface area contributed by atoms with E-state index in [0.29, 0.717) is 18.5 Å². The van der Waals surface area contributed by atoms with Gasteiger partial charge in [0.2, 0.25) is 0 Å². The number of hydrogen-bond acceptors (Lipinski definition) is 5. The molecule has 0 aliphatic heterocycles. The van der Waals surface area contributed by atoms with E-state index in [2.05, 4.69) is 0 Å². The zero-order valence-electron chi connectivity index (χ0n) is 13.1. The number of aliphatic hydroxyl groups excluding tert-OH is 2. The van der Waals surface area contributed by atoms with Gasteiger partial charge in [-0.15, -0.1) is 0 Å². The lowest BCUT2D eigenvalue weighted by Crippen LogP contribution is -2.37. The quantitative estimate of drug-likeness (QED) is 0.359. The predicted molar refractivity (Wildman–Crippen MR) is 85.7 cm³/mol. The molecular weight excluding hydrogens is 298 g/mol. The summed E-state index contributed by atoms with van der Waals surface area (Å²) in [5.74, 6) is -3.43. The minimum atomic E-state index is -1.75. The van der Waals surface area contributed by atoms with Crippen LogP contribution >= 0.6 is 0 Å². The van der Waals surface area contributed by atoms with Gasteiger partial charge < -0.3 is 21.1 Å². The lowest BCUT2D eigenvalue weighted by molar-refractivity contribution is -0.152. The summed E-state index contributed by atoms with van der Waals surface area (Å²) in [6, 6.07) is 8.23. The first-order chi connectivity index (χ1) is 11.0. The minimum absolute atomic E-state index is 0.150. The van der Waals surface area contributed by atoms with Gasteiger partial charge in [0.15, 0.2) is 5.78 Å². The molecule has 3 atom stereocenters. The molecule has 0 radical (unpaired) electrons. The van der Waals surface area contributed by atoms with Crippen LogP contribution in [0.3, 0.4) is 0 Å². The second kappa shape index (κ2) is 10.1. The molecule has 128 valence electrons. The van der Waals surface area contributed by atoms with Crippen LogP contribution in [0.1, 0.15) is 43.8 Å². The highest BCUT2D eigenvalue weighted by Gasteiger charge is 2.35. The maximum atomic E-state index is 12.2. The molecule has 23 heavy (non-hydrogen) atoms. The summed E-state index contributed by atoms with van der Waals surface area (Å²) >= 11 is 0. The second-order valence-corrected chi connectivity index (χ2v) is 5.59. The van der Waals surface area contributed by atoms with E-state index in [1.807, 2.05) is 0 Å². The first kappa shape index (κ1) is 19.3. The van der Waals surface area contributed by atoms with Gasteiger partial charge >= 0.3 is 5.97 Å². The summed E-state index contributed by atoms with van der Waals surface area (Å²) in [5, 5.41) is 29.3. The van der Waals surface area contributed by atoms with Crippen molar-refractivity contribution >= 4 is 11.8 Å². The molecular formula is C17H25NO5. The molecule has 0 amide bonds. The molecule has 5 N–H and O–H groups in total. The molecule has 6 nitrogen and oxygen atoms in total. The summed E-state index contributed by atoms with van der Waals surface area (Å²) in [5.41, 5.74) is 5.76. The van der Waals surface area contributed by atoms with Crippen LogP contribution in [0.2, 0.25) is 0 Å². The first-order valence-corrected chi connectivity index (χ1v) is 7.86. The average Bonchev–Trinajstić information content (AvgIpc) is 2.56. The Bertz CT molecular complexity index is 491. The highest BCUT2D eigenvalue weighted by molar-refractivity contribution is 6.00. The Morgan fingerprint density at radius 3 is 2.17 bits per heavy atom. The minimum Gasteiger partial charge on any atom is -0.481 e. The fourth-order valence-corrected chi connectivity index (χ4v) is 2.43. The van der Waals surface area contributed by atoms with E-state index >= 15 is 0 Å². The third kappa shape index (κ3) is 6.09. The number of carboxylic acid groups (broad SMARTS) is 1. The molecule has 0 saturated carbocycles. The topological polar surface area (TPSA) is 121 Å². The number of carbonyl (C=O) groups is 2. The summed E-state index contributed by atoms with van der Waals surface area (Å²) in [7, 11) is 0. The van der Waals surface area contributed by atoms with Crippen molar-refractivity contribution in [2.24, 2.45) is 11.7 Å². The molecule has 0 fully saturated rings. The number of aliphatic carboxylic acids is 1. The largest absolute Gasteiger partial charge is 0.481 e. The van der Waals surface area contributed by atoms with E-state index in [1.165, 1.54) is 0 Å². The average molecular weight is 323 g/mol. The summed E-state index contributed by atoms with van der Waals surface area (Å²) in [6.07, 6.45) is 0.0675. The van der Waals surface area contributed by atoms with E-state index in [0.717, 1.165) is 19.3 Å². The Labute approximate surface area is 135 Å². The van der Waals surface area contributed by atoms with Crippen molar-refractivity contribution < 1.29 is 24.9 Å². The number of carboxylic acids is 1. The molecule has 0 aliphatic carbocycles. The number of aliphatic hydroxyl groups is 2. The van der Waals surface area contributed by atoms with E-state index in [9.17, 15) is 24.9 Å². The number of nitrogens with two attached hydrogens (primary N) is 1. The predicted octanol–water partition coefficient (Wildman–Crippen LogP) is 1.26. The highest BCUT2D eigenvalue weighted by Crippen LogP contribution is 2.22. The SMILES string of the molecule is NCCCCCCC(C(=O)O)C(=O)C(O)C(O)c1ccccc1. The van der Waals surface area contributed by atoms with Crippen molar-refractivity contribution in [3.63, 3.8) is 0 Å². The third-order valence-corrected chi connectivity index (χ3v) is 3.82. The van der Waals surface area contributed by atoms with Crippen molar-refractivity contribution in [1.82, 2.24) is 0 Å². The zero-order valence-corrected chi connectivity index (χ0v) is 13.1. The molecule has 0 bridgehead atoms. The molecule has 6 heteroatoms. The van der Waals surface area contributed by atoms with Crippen LogP contribution in [0.5, 0.6) is 0 Å². The number of ketones is 1. The van der Waals surface area contributed by atoms with Gasteiger partial charge in [-0.2, -0.15) is 0 Å². The van der Waals surface area contributed by atoms with Crippen molar-refractivity contribution in [1.29, 1.82) is 0 Å². The lowest BCUT2D eigenvalue weighted by Gasteiger charge is -2.20. The molecule has 1 aromatic carbocycles. The van der Waals surface area contributed by atoms with Gasteiger partial charge in [0.25, 0.3) is 0 Å². The summed E-state index contributed by atoms with van der Waals surface area (Å²) in [6.45, 7) is 0.587. The van der Waals surface area contributed by atoms with Crippen molar-refractivity contribution in [2.75, 3.05) is 6.54 Å². The third-order valence-electron chi connectivity index (χ3n) is 3.82. The van der Waals surface area contributed by atoms with E-state index in [1.54, 1.807) is 30.3 Å². The van der Waals surface area contributed by atoms with Crippen LogP contribution in [0, 0.1) is 5.92 Å². The zero-order chi connectivity index (χ0) is 17.2. The normalized spacial score (nSPS) is 14.9. The maximum absolute atomic E-state index is 12.2. The van der Waals surface area contributed by atoms with Gasteiger partial charge in [0.05, 0.1) is 0 Å². The van der Waals surface area contributed by atoms with E-state index in [-0.39, 0.29) is 6.42 Å². The van der Waals surface area contributed by atoms with Crippen LogP contribution in [-0.4, -0.2) is 39.7 Å². The van der Waals surface area contributed by atoms with Gasteiger partial charge in [-0.25, -0.2) is 0 Å². The lowest BCUT2D eigenvalue weighted by atomic mass is 9.89. The molecule has 3 unspecified atom stereocenters. The standard InChI is InChI=1S/C17H25NO5/c18-11-7-2-1-6-10-13(17(22)23)15(20)16(21)14(19)12-8-4-3-5-9-12/h3-5,8-9,13-14,16,19,21H,1-2,6-7,10-11,18H2,(H,22,23). The van der Waals surface area contributed by atoms with Gasteiger partial charge in [0.1, 0.15) is 18.1 Å². The Kier molecular flexibility index (Phi) is 8.47. The highest BCUT2D eigenvalue weighted by atomic mass is 16.4. The number of rotatable bonds is 11. The number of carbonyl (C=O) groups excluding carboxylic acids is 1. The molecule has 0 aliphatic rings. The van der Waals surface area contributed by atoms with Crippen LogP contribution in [0.25, 0.3) is 0 Å². The number of unbranched alkanes of at least 4 members (excludes halogenated alkanes) is 3. The summed E-state index contributed by atoms with van der Waals surface area (Å²) < 4.78 is 0. The van der Waals surface area contributed by atoms with Gasteiger partial charge in [-0.3, -0.25) is 9.59 Å². The molecule has 0 heterocycles. The fraction of sp³-hybridized carbons (Fsp3) is 0.529. The Hall–Kier alpha value is -1.76. The van der Waals surface area contributed by atoms with Crippen LogP contribution in [0.15, 0.2) is 30.3 Å². The van der Waals surface area contributed by atoms with Crippen molar-refractivity contribution in [3.05, 3.63) is 35.9 Å². The Morgan fingerprint density at radius 2 is 1.61 bits per heavy atom. The first-order valence-electron chi connectivity index (χ1n) is 7.86. The van der Waals surface area contributed by atoms with Crippen molar-refractivity contribution in [3.8, 4) is 0 Å². The Morgan fingerprint density at radius 1 is 1.00 bits per heavy atom. The van der Waals surface area contributed by atoms with Gasteiger partial charge in [-0.1, -0.05) is 49.6 Å². The summed E-state index contributed by atoms with van der Waals surface area (Å²) in [4.78, 5) is 23.5. The number of Topliss-reactive ketones (excluding diaryl/α,β-unsaturated/α-hetero) is 1. The van der Waals surface area contributed by atoms with Crippen LogP contribution in [-0.2, 0) is 9.59 Å². The van der Waals surface area contributed by atoms with Gasteiger partial charge in [0, 0.05) is 0 Å². The van der Waals surface area contributed by atoms with Crippen molar-refractivity contribution in [2.45, 2.75) is 44.3 Å². The molecule has 1 aromatic rings. The van der Waals surface area contributed by atoms with Gasteiger partial charge in [-0.05, 0) is 24.9 Å². The molecule has 1 rings (SSSR count). The molecule has 0 saturated heterocycles. The van der Waals surface area contributed by atoms with E-state index < -0.39 is 29.9 Å². The molecule has 0 aromatic heterocycles. The molecule has 0 spiro atoms. The number of benzene rings is 1. The fourth-order valence-electron chi connectivity index (χ4n) is 2.43. The Balaban J connectivity index is 2.63. The van der Waals surface area contributed by atoms with Crippen LogP contribution < -0.4 is 5.73 Å².